The molecule has 0 saturated carbocycles. The zero-order valence-corrected chi connectivity index (χ0v) is 15.6. The molecule has 0 radical (unpaired) electrons. The summed E-state index contributed by atoms with van der Waals surface area (Å²) in [5, 5.41) is 4.50. The van der Waals surface area contributed by atoms with Gasteiger partial charge in [0.15, 0.2) is 5.82 Å². The predicted octanol–water partition coefficient (Wildman–Crippen LogP) is 1.75. The summed E-state index contributed by atoms with van der Waals surface area (Å²) in [4.78, 5) is 20.9. The summed E-state index contributed by atoms with van der Waals surface area (Å²) in [6.45, 7) is 7.83. The summed E-state index contributed by atoms with van der Waals surface area (Å²) in [7, 11) is 0. The molecule has 0 aromatic carbocycles. The molecule has 27 heavy (non-hydrogen) atoms. The molecule has 0 atom stereocenters. The van der Waals surface area contributed by atoms with E-state index >= 15 is 0 Å². The van der Waals surface area contributed by atoms with Crippen LogP contribution in [-0.2, 0) is 0 Å². The van der Waals surface area contributed by atoms with E-state index in [0.717, 1.165) is 68.1 Å². The van der Waals surface area contributed by atoms with Crippen LogP contribution in [0.2, 0.25) is 0 Å². The van der Waals surface area contributed by atoms with Crippen molar-refractivity contribution in [2.24, 2.45) is 0 Å². The highest BCUT2D eigenvalue weighted by Gasteiger charge is 2.22. The first-order valence-electron chi connectivity index (χ1n) is 9.67. The maximum Gasteiger partial charge on any atom is 0.227 e. The molecule has 3 aromatic heterocycles. The summed E-state index contributed by atoms with van der Waals surface area (Å²) < 4.78 is 1.91. The maximum atomic E-state index is 4.82. The zero-order valence-electron chi connectivity index (χ0n) is 15.6. The number of aromatic nitrogens is 5. The standard InChI is InChI=1S/C19H24N8/c1-15-14-16-18(20-6-9-27(16)23-15)25-12-10-24(11-13-25)17-4-5-21-19(22-17)26-7-2-3-8-26/h4-6,9,14H,2-3,7-8,10-13H2,1H3. The quantitative estimate of drug-likeness (QED) is 0.701. The molecule has 3 aromatic rings. The molecule has 0 unspecified atom stereocenters. The molecule has 2 aliphatic rings. The topological polar surface area (TPSA) is 65.7 Å². The van der Waals surface area contributed by atoms with Crippen LogP contribution >= 0.6 is 0 Å². The Labute approximate surface area is 158 Å². The molecule has 2 saturated heterocycles. The minimum absolute atomic E-state index is 0.869. The minimum Gasteiger partial charge on any atom is -0.353 e. The third-order valence-electron chi connectivity index (χ3n) is 5.41. The molecular formula is C19H24N8. The first kappa shape index (κ1) is 16.3. The van der Waals surface area contributed by atoms with Crippen LogP contribution in [0.15, 0.2) is 30.7 Å². The van der Waals surface area contributed by atoms with Crippen molar-refractivity contribution in [1.82, 2.24) is 24.6 Å². The molecule has 2 aliphatic heterocycles. The van der Waals surface area contributed by atoms with Crippen LogP contribution < -0.4 is 14.7 Å². The number of hydrogen-bond donors (Lipinski definition) is 0. The lowest BCUT2D eigenvalue weighted by atomic mass is 10.3. The van der Waals surface area contributed by atoms with Gasteiger partial charge in [0.1, 0.15) is 11.3 Å². The summed E-state index contributed by atoms with van der Waals surface area (Å²) in [6, 6.07) is 4.12. The van der Waals surface area contributed by atoms with Crippen LogP contribution in [0.1, 0.15) is 18.5 Å². The van der Waals surface area contributed by atoms with Crippen LogP contribution in [0.3, 0.4) is 0 Å². The van der Waals surface area contributed by atoms with Crippen molar-refractivity contribution in [3.63, 3.8) is 0 Å². The minimum atomic E-state index is 0.869. The average molecular weight is 364 g/mol. The molecule has 0 bridgehead atoms. The molecular weight excluding hydrogens is 340 g/mol. The summed E-state index contributed by atoms with van der Waals surface area (Å²) in [5.41, 5.74) is 2.08. The van der Waals surface area contributed by atoms with Crippen molar-refractivity contribution in [3.05, 3.63) is 36.4 Å². The lowest BCUT2D eigenvalue weighted by Crippen LogP contribution is -2.47. The number of fused-ring (bicyclic) bond motifs is 1. The van der Waals surface area contributed by atoms with E-state index in [2.05, 4.69) is 35.8 Å². The second-order valence-electron chi connectivity index (χ2n) is 7.25. The van der Waals surface area contributed by atoms with E-state index < -0.39 is 0 Å². The fourth-order valence-corrected chi connectivity index (χ4v) is 4.01. The van der Waals surface area contributed by atoms with Gasteiger partial charge in [-0.15, -0.1) is 0 Å². The van der Waals surface area contributed by atoms with Crippen LogP contribution in [0.4, 0.5) is 17.6 Å². The molecule has 8 nitrogen and oxygen atoms in total. The van der Waals surface area contributed by atoms with Crippen molar-refractivity contribution in [3.8, 4) is 0 Å². The molecule has 5 rings (SSSR count). The number of aryl methyl sites for hydroxylation is 1. The van der Waals surface area contributed by atoms with E-state index in [1.807, 2.05) is 36.1 Å². The van der Waals surface area contributed by atoms with Crippen molar-refractivity contribution < 1.29 is 0 Å². The molecule has 8 heteroatoms. The normalized spacial score (nSPS) is 17.9. The molecule has 5 heterocycles. The zero-order chi connectivity index (χ0) is 18.2. The van der Waals surface area contributed by atoms with E-state index in [0.29, 0.717) is 0 Å². The number of hydrogen-bond acceptors (Lipinski definition) is 7. The number of nitrogens with zero attached hydrogens (tertiary/aromatic N) is 8. The van der Waals surface area contributed by atoms with E-state index in [4.69, 9.17) is 4.98 Å². The Morgan fingerprint density at radius 1 is 0.852 bits per heavy atom. The Bertz CT molecular complexity index is 938. The molecule has 0 aliphatic carbocycles. The van der Waals surface area contributed by atoms with Gasteiger partial charge in [0.2, 0.25) is 5.95 Å². The van der Waals surface area contributed by atoms with Gasteiger partial charge in [0, 0.05) is 57.9 Å². The largest absolute Gasteiger partial charge is 0.353 e. The smallest absolute Gasteiger partial charge is 0.227 e. The van der Waals surface area contributed by atoms with Gasteiger partial charge in [-0.1, -0.05) is 0 Å². The molecule has 140 valence electrons. The summed E-state index contributed by atoms with van der Waals surface area (Å²) in [6.07, 6.45) is 8.09. The first-order valence-corrected chi connectivity index (χ1v) is 9.67. The Morgan fingerprint density at radius 2 is 1.63 bits per heavy atom. The molecule has 0 spiro atoms. The highest BCUT2D eigenvalue weighted by atomic mass is 15.3. The summed E-state index contributed by atoms with van der Waals surface area (Å²) >= 11 is 0. The number of piperazine rings is 1. The fraction of sp³-hybridized carbons (Fsp3) is 0.474. The lowest BCUT2D eigenvalue weighted by Gasteiger charge is -2.36. The highest BCUT2D eigenvalue weighted by molar-refractivity contribution is 5.69. The predicted molar refractivity (Wildman–Crippen MR) is 106 cm³/mol. The second kappa shape index (κ2) is 6.68. The Morgan fingerprint density at radius 3 is 2.44 bits per heavy atom. The van der Waals surface area contributed by atoms with Gasteiger partial charge in [-0.3, -0.25) is 0 Å². The van der Waals surface area contributed by atoms with Crippen LogP contribution in [0, 0.1) is 6.92 Å². The SMILES string of the molecule is Cc1cc2c(N3CCN(c4ccnc(N5CCCC5)n4)CC3)nccn2n1. The van der Waals surface area contributed by atoms with E-state index in [9.17, 15) is 0 Å². The van der Waals surface area contributed by atoms with E-state index in [1.165, 1.54) is 12.8 Å². The van der Waals surface area contributed by atoms with Gasteiger partial charge in [0.05, 0.1) is 5.69 Å². The average Bonchev–Trinajstić information content (AvgIpc) is 3.37. The van der Waals surface area contributed by atoms with Crippen molar-refractivity contribution in [1.29, 1.82) is 0 Å². The Balaban J connectivity index is 1.32. The second-order valence-corrected chi connectivity index (χ2v) is 7.25. The van der Waals surface area contributed by atoms with Gasteiger partial charge in [0.25, 0.3) is 0 Å². The summed E-state index contributed by atoms with van der Waals surface area (Å²) in [5.74, 6) is 2.91. The molecule has 0 amide bonds. The highest BCUT2D eigenvalue weighted by Crippen LogP contribution is 2.23. The Hall–Kier alpha value is -2.90. The van der Waals surface area contributed by atoms with E-state index in [-0.39, 0.29) is 0 Å². The molecule has 2 fully saturated rings. The van der Waals surface area contributed by atoms with Crippen molar-refractivity contribution >= 4 is 23.1 Å². The van der Waals surface area contributed by atoms with Crippen LogP contribution in [0.5, 0.6) is 0 Å². The van der Waals surface area contributed by atoms with Gasteiger partial charge >= 0.3 is 0 Å². The number of rotatable bonds is 3. The van der Waals surface area contributed by atoms with Gasteiger partial charge in [-0.2, -0.15) is 10.1 Å². The maximum absolute atomic E-state index is 4.82. The van der Waals surface area contributed by atoms with Crippen LogP contribution in [-0.4, -0.2) is 63.8 Å². The Kier molecular flexibility index (Phi) is 4.03. The van der Waals surface area contributed by atoms with Crippen LogP contribution in [0.25, 0.3) is 5.52 Å². The lowest BCUT2D eigenvalue weighted by molar-refractivity contribution is 0.640. The first-order chi connectivity index (χ1) is 13.3. The number of anilines is 3. The van der Waals surface area contributed by atoms with Gasteiger partial charge < -0.3 is 14.7 Å². The van der Waals surface area contributed by atoms with Gasteiger partial charge in [-0.05, 0) is 31.9 Å². The third-order valence-corrected chi connectivity index (χ3v) is 5.41. The molecule has 0 N–H and O–H groups in total. The monoisotopic (exact) mass is 364 g/mol. The fourth-order valence-electron chi connectivity index (χ4n) is 4.01. The van der Waals surface area contributed by atoms with E-state index in [1.54, 1.807) is 0 Å². The third kappa shape index (κ3) is 3.05. The van der Waals surface area contributed by atoms with Crippen molar-refractivity contribution in [2.45, 2.75) is 19.8 Å². The van der Waals surface area contributed by atoms with Crippen molar-refractivity contribution in [2.75, 3.05) is 54.0 Å². The van der Waals surface area contributed by atoms with Gasteiger partial charge in [-0.25, -0.2) is 14.5 Å².